The lowest BCUT2D eigenvalue weighted by Crippen LogP contribution is -2.43. The van der Waals surface area contributed by atoms with Crippen molar-refractivity contribution in [1.29, 1.82) is 0 Å². The van der Waals surface area contributed by atoms with E-state index in [1.807, 2.05) is 0 Å². The van der Waals surface area contributed by atoms with E-state index in [0.29, 0.717) is 41.8 Å². The summed E-state index contributed by atoms with van der Waals surface area (Å²) in [4.78, 5) is 39.5. The Bertz CT molecular complexity index is 1190. The third-order valence-corrected chi connectivity index (χ3v) is 5.68. The Kier molecular flexibility index (Phi) is 5.25. The fourth-order valence-corrected chi connectivity index (χ4v) is 4.12. The number of halogens is 1. The van der Waals surface area contributed by atoms with Crippen LogP contribution >= 0.6 is 11.6 Å². The number of anilines is 2. The molecule has 12 heteroatoms. The molecule has 0 bridgehead atoms. The zero-order valence-corrected chi connectivity index (χ0v) is 18.1. The molecule has 170 valence electrons. The van der Waals surface area contributed by atoms with Crippen molar-refractivity contribution in [3.63, 3.8) is 0 Å². The molecule has 33 heavy (non-hydrogen) atoms. The number of benzene rings is 2. The molecule has 3 heterocycles. The number of carbonyl (C=O) groups is 3. The van der Waals surface area contributed by atoms with E-state index in [9.17, 15) is 14.4 Å². The predicted molar refractivity (Wildman–Crippen MR) is 116 cm³/mol. The van der Waals surface area contributed by atoms with E-state index >= 15 is 0 Å². The highest BCUT2D eigenvalue weighted by Crippen LogP contribution is 2.36. The third-order valence-electron chi connectivity index (χ3n) is 5.38. The van der Waals surface area contributed by atoms with Gasteiger partial charge >= 0.3 is 0 Å². The first-order valence-electron chi connectivity index (χ1n) is 10.0. The molecule has 0 unspecified atom stereocenters. The Labute approximate surface area is 192 Å². The largest absolute Gasteiger partial charge is 0.495 e. The third kappa shape index (κ3) is 3.69. The zero-order chi connectivity index (χ0) is 23.1. The molecule has 11 nitrogen and oxygen atoms in total. The summed E-state index contributed by atoms with van der Waals surface area (Å²) in [5.74, 6) is 0.0388. The van der Waals surface area contributed by atoms with Crippen LogP contribution in [0.1, 0.15) is 0 Å². The van der Waals surface area contributed by atoms with Gasteiger partial charge in [0.1, 0.15) is 25.5 Å². The Morgan fingerprint density at radius 3 is 2.70 bits per heavy atom. The van der Waals surface area contributed by atoms with Gasteiger partial charge in [-0.25, -0.2) is 4.90 Å². The van der Waals surface area contributed by atoms with Crippen LogP contribution in [-0.2, 0) is 14.4 Å². The summed E-state index contributed by atoms with van der Waals surface area (Å²) < 4.78 is 16.1. The van der Waals surface area contributed by atoms with Crippen LogP contribution in [0, 0.1) is 0 Å². The SMILES string of the molecule is COc1ccc(N2C(=O)[C@H]3N=NN(CC(=O)Nc4ccc5c(c4)OCCO5)[C@@H]3C2=O)cc1Cl. The van der Waals surface area contributed by atoms with Crippen molar-refractivity contribution in [3.05, 3.63) is 41.4 Å². The molecule has 0 radical (unpaired) electrons. The van der Waals surface area contributed by atoms with E-state index in [2.05, 4.69) is 15.7 Å². The molecule has 0 aliphatic carbocycles. The van der Waals surface area contributed by atoms with Crippen LogP contribution in [0.2, 0.25) is 5.02 Å². The lowest BCUT2D eigenvalue weighted by atomic mass is 10.1. The van der Waals surface area contributed by atoms with Gasteiger partial charge in [-0.1, -0.05) is 16.8 Å². The first-order chi connectivity index (χ1) is 16.0. The highest BCUT2D eigenvalue weighted by Gasteiger charge is 2.55. The van der Waals surface area contributed by atoms with E-state index in [1.165, 1.54) is 18.2 Å². The van der Waals surface area contributed by atoms with E-state index in [-0.39, 0.29) is 11.6 Å². The maximum Gasteiger partial charge on any atom is 0.263 e. The van der Waals surface area contributed by atoms with Crippen molar-refractivity contribution in [3.8, 4) is 17.2 Å². The molecular formula is C21H18ClN5O6. The number of nitrogens with one attached hydrogen (secondary N) is 1. The molecule has 0 spiro atoms. The van der Waals surface area contributed by atoms with E-state index in [0.717, 1.165) is 4.90 Å². The van der Waals surface area contributed by atoms with Crippen LogP contribution in [0.5, 0.6) is 17.2 Å². The Hall–Kier alpha value is -3.86. The molecule has 2 aromatic carbocycles. The monoisotopic (exact) mass is 471 g/mol. The number of fused-ring (bicyclic) bond motifs is 2. The molecule has 2 atom stereocenters. The average molecular weight is 472 g/mol. The number of carbonyl (C=O) groups excluding carboxylic acids is 3. The number of hydrogen-bond acceptors (Lipinski definition) is 9. The minimum atomic E-state index is -1.03. The van der Waals surface area contributed by atoms with Crippen molar-refractivity contribution < 1.29 is 28.6 Å². The van der Waals surface area contributed by atoms with Gasteiger partial charge in [0.2, 0.25) is 5.91 Å². The van der Waals surface area contributed by atoms with Crippen molar-refractivity contribution in [2.45, 2.75) is 12.1 Å². The highest BCUT2D eigenvalue weighted by molar-refractivity contribution is 6.33. The number of amides is 3. The van der Waals surface area contributed by atoms with Crippen molar-refractivity contribution in [1.82, 2.24) is 5.01 Å². The fourth-order valence-electron chi connectivity index (χ4n) is 3.87. The Morgan fingerprint density at radius 1 is 1.15 bits per heavy atom. The van der Waals surface area contributed by atoms with Gasteiger partial charge in [0.25, 0.3) is 11.8 Å². The topological polar surface area (TPSA) is 122 Å². The van der Waals surface area contributed by atoms with Gasteiger partial charge in [-0.05, 0) is 30.3 Å². The molecule has 0 saturated carbocycles. The Morgan fingerprint density at radius 2 is 1.94 bits per heavy atom. The average Bonchev–Trinajstić information content (AvgIpc) is 3.32. The number of methoxy groups -OCH3 is 1. The van der Waals surface area contributed by atoms with Gasteiger partial charge in [0.05, 0.1) is 17.8 Å². The van der Waals surface area contributed by atoms with E-state index in [4.69, 9.17) is 25.8 Å². The molecule has 1 fully saturated rings. The van der Waals surface area contributed by atoms with Gasteiger partial charge in [0, 0.05) is 11.8 Å². The molecule has 0 aromatic heterocycles. The molecule has 5 rings (SSSR count). The molecule has 3 amide bonds. The molecule has 2 aromatic rings. The maximum absolute atomic E-state index is 13.1. The van der Waals surface area contributed by atoms with Crippen molar-refractivity contribution >= 4 is 40.7 Å². The summed E-state index contributed by atoms with van der Waals surface area (Å²) in [6.45, 7) is 0.622. The second kappa shape index (κ2) is 8.24. The van der Waals surface area contributed by atoms with Crippen LogP contribution < -0.4 is 24.4 Å². The zero-order valence-electron chi connectivity index (χ0n) is 17.4. The van der Waals surface area contributed by atoms with Crippen LogP contribution in [0.15, 0.2) is 46.7 Å². The van der Waals surface area contributed by atoms with Gasteiger partial charge in [-0.15, -0.1) is 0 Å². The molecule has 1 saturated heterocycles. The lowest BCUT2D eigenvalue weighted by molar-refractivity contribution is -0.123. The maximum atomic E-state index is 13.1. The predicted octanol–water partition coefficient (Wildman–Crippen LogP) is 2.05. The summed E-state index contributed by atoms with van der Waals surface area (Å²) in [7, 11) is 1.46. The fraction of sp³-hybridized carbons (Fsp3) is 0.286. The van der Waals surface area contributed by atoms with Crippen LogP contribution in [-0.4, -0.2) is 61.7 Å². The minimum absolute atomic E-state index is 0.255. The molecule has 1 N–H and O–H groups in total. The first-order valence-corrected chi connectivity index (χ1v) is 10.4. The quantitative estimate of drug-likeness (QED) is 0.662. The van der Waals surface area contributed by atoms with Crippen molar-refractivity contribution in [2.75, 3.05) is 37.1 Å². The minimum Gasteiger partial charge on any atom is -0.495 e. The number of nitrogens with zero attached hydrogens (tertiary/aromatic N) is 4. The van der Waals surface area contributed by atoms with E-state index < -0.39 is 29.8 Å². The summed E-state index contributed by atoms with van der Waals surface area (Å²) >= 11 is 6.15. The Balaban J connectivity index is 1.29. The normalized spacial score (nSPS) is 20.8. The highest BCUT2D eigenvalue weighted by atomic mass is 35.5. The smallest absolute Gasteiger partial charge is 0.263 e. The first kappa shape index (κ1) is 21.0. The molecular weight excluding hydrogens is 454 g/mol. The number of rotatable bonds is 5. The summed E-state index contributed by atoms with van der Waals surface area (Å²) in [5.41, 5.74) is 0.793. The second-order valence-electron chi connectivity index (χ2n) is 7.43. The van der Waals surface area contributed by atoms with Crippen LogP contribution in [0.25, 0.3) is 0 Å². The molecule has 3 aliphatic heterocycles. The van der Waals surface area contributed by atoms with Gasteiger partial charge in [0.15, 0.2) is 23.6 Å². The van der Waals surface area contributed by atoms with Gasteiger partial charge < -0.3 is 19.5 Å². The second-order valence-corrected chi connectivity index (χ2v) is 7.84. The van der Waals surface area contributed by atoms with Gasteiger partial charge in [-0.3, -0.25) is 19.4 Å². The number of ether oxygens (including phenoxy) is 3. The lowest BCUT2D eigenvalue weighted by Gasteiger charge is -2.21. The summed E-state index contributed by atoms with van der Waals surface area (Å²) in [6.07, 6.45) is 0. The standard InChI is InChI=1S/C21H18ClN5O6/c1-31-14-5-3-12(9-13(14)22)27-20(29)18-19(21(27)30)26(25-24-18)10-17(28)23-11-2-4-15-16(8-11)33-7-6-32-15/h2-5,8-9,18-19H,6-7,10H2,1H3,(H,23,28)/t18-,19-/m0/s1. The molecule has 3 aliphatic rings. The van der Waals surface area contributed by atoms with Crippen LogP contribution in [0.3, 0.4) is 0 Å². The van der Waals surface area contributed by atoms with E-state index in [1.54, 1.807) is 30.3 Å². The van der Waals surface area contributed by atoms with Crippen molar-refractivity contribution in [2.24, 2.45) is 10.3 Å². The summed E-state index contributed by atoms with van der Waals surface area (Å²) in [6, 6.07) is 7.58. The van der Waals surface area contributed by atoms with Gasteiger partial charge in [-0.2, -0.15) is 5.11 Å². The number of hydrogen-bond donors (Lipinski definition) is 1. The summed E-state index contributed by atoms with van der Waals surface area (Å²) in [5, 5.41) is 12.0. The number of imide groups is 1. The van der Waals surface area contributed by atoms with Crippen LogP contribution in [0.4, 0.5) is 11.4 Å².